The maximum atomic E-state index is 13.2. The molecule has 1 aromatic heterocycles. The second-order valence-electron chi connectivity index (χ2n) is 8.95. The van der Waals surface area contributed by atoms with E-state index < -0.39 is 10.0 Å². The summed E-state index contributed by atoms with van der Waals surface area (Å²) in [5, 5.41) is 0.903. The first kappa shape index (κ1) is 26.5. The van der Waals surface area contributed by atoms with E-state index in [4.69, 9.17) is 32.7 Å². The average Bonchev–Trinajstić information content (AvgIpc) is 3.30. The highest BCUT2D eigenvalue weighted by atomic mass is 35.5. The maximum absolute atomic E-state index is 13.2. The van der Waals surface area contributed by atoms with Crippen molar-refractivity contribution >= 4 is 38.9 Å². The van der Waals surface area contributed by atoms with Crippen LogP contribution in [-0.4, -0.2) is 45.5 Å². The van der Waals surface area contributed by atoms with Crippen molar-refractivity contribution in [2.24, 2.45) is 0 Å². The number of nitrogens with zero attached hydrogens (tertiary/aromatic N) is 2. The number of ether oxygens (including phenoxy) is 2. The SMILES string of the molecule is Cc1c(Cl)cccc1S(=O)(=O)Nc1cnc2c(c1OCc1ccc(Cl)c(OCCN(C)C)c1)CCC2. The topological polar surface area (TPSA) is 80.8 Å². The van der Waals surface area contributed by atoms with Gasteiger partial charge in [-0.15, -0.1) is 0 Å². The van der Waals surface area contributed by atoms with Crippen molar-refractivity contribution in [3.63, 3.8) is 0 Å². The molecule has 0 fully saturated rings. The molecule has 10 heteroatoms. The lowest BCUT2D eigenvalue weighted by Gasteiger charge is -2.18. The molecule has 0 saturated heterocycles. The molecule has 0 bridgehead atoms. The van der Waals surface area contributed by atoms with E-state index in [-0.39, 0.29) is 11.5 Å². The van der Waals surface area contributed by atoms with Crippen molar-refractivity contribution in [3.8, 4) is 11.5 Å². The lowest BCUT2D eigenvalue weighted by Crippen LogP contribution is -2.19. The van der Waals surface area contributed by atoms with Crippen molar-refractivity contribution in [3.05, 3.63) is 75.0 Å². The van der Waals surface area contributed by atoms with Gasteiger partial charge in [0.15, 0.2) is 0 Å². The summed E-state index contributed by atoms with van der Waals surface area (Å²) >= 11 is 12.5. The molecule has 0 atom stereocenters. The maximum Gasteiger partial charge on any atom is 0.262 e. The van der Waals surface area contributed by atoms with Gasteiger partial charge in [0, 0.05) is 22.8 Å². The van der Waals surface area contributed by atoms with Gasteiger partial charge in [-0.2, -0.15) is 0 Å². The van der Waals surface area contributed by atoms with Gasteiger partial charge in [-0.25, -0.2) is 8.42 Å². The van der Waals surface area contributed by atoms with Crippen LogP contribution in [0.3, 0.4) is 0 Å². The van der Waals surface area contributed by atoms with E-state index in [1.54, 1.807) is 25.1 Å². The van der Waals surface area contributed by atoms with E-state index in [1.165, 1.54) is 12.3 Å². The van der Waals surface area contributed by atoms with Gasteiger partial charge in [0.05, 0.1) is 16.1 Å². The summed E-state index contributed by atoms with van der Waals surface area (Å²) in [6.07, 6.45) is 4.06. The van der Waals surface area contributed by atoms with Gasteiger partial charge in [0.2, 0.25) is 0 Å². The van der Waals surface area contributed by atoms with Gasteiger partial charge in [0.1, 0.15) is 30.4 Å². The van der Waals surface area contributed by atoms with E-state index in [0.717, 1.165) is 42.6 Å². The van der Waals surface area contributed by atoms with E-state index in [9.17, 15) is 8.42 Å². The molecule has 2 aromatic carbocycles. The average molecular weight is 551 g/mol. The highest BCUT2D eigenvalue weighted by Gasteiger charge is 2.25. The number of pyridine rings is 1. The first-order chi connectivity index (χ1) is 17.2. The number of hydrogen-bond acceptors (Lipinski definition) is 6. The molecule has 1 N–H and O–H groups in total. The molecule has 36 heavy (non-hydrogen) atoms. The van der Waals surface area contributed by atoms with Crippen molar-refractivity contribution in [1.82, 2.24) is 9.88 Å². The van der Waals surface area contributed by atoms with Crippen LogP contribution in [0.1, 0.15) is 28.8 Å². The Kier molecular flexibility index (Phi) is 8.30. The molecule has 0 unspecified atom stereocenters. The highest BCUT2D eigenvalue weighted by molar-refractivity contribution is 7.92. The monoisotopic (exact) mass is 549 g/mol. The molecule has 0 radical (unpaired) electrons. The lowest BCUT2D eigenvalue weighted by atomic mass is 10.2. The van der Waals surface area contributed by atoms with Crippen LogP contribution in [0.15, 0.2) is 47.5 Å². The van der Waals surface area contributed by atoms with Crippen molar-refractivity contribution < 1.29 is 17.9 Å². The van der Waals surface area contributed by atoms with Gasteiger partial charge in [-0.3, -0.25) is 9.71 Å². The number of anilines is 1. The van der Waals surface area contributed by atoms with Gasteiger partial charge in [-0.1, -0.05) is 35.3 Å². The number of fused-ring (bicyclic) bond motifs is 1. The fourth-order valence-corrected chi connectivity index (χ4v) is 5.75. The molecule has 0 spiro atoms. The minimum Gasteiger partial charge on any atom is -0.491 e. The highest BCUT2D eigenvalue weighted by Crippen LogP contribution is 2.38. The minimum absolute atomic E-state index is 0.110. The quantitative estimate of drug-likeness (QED) is 0.359. The van der Waals surface area contributed by atoms with Crippen molar-refractivity contribution in [2.45, 2.75) is 37.7 Å². The van der Waals surface area contributed by atoms with Crippen molar-refractivity contribution in [2.75, 3.05) is 32.0 Å². The summed E-state index contributed by atoms with van der Waals surface area (Å²) in [5.74, 6) is 1.07. The third-order valence-corrected chi connectivity index (χ3v) is 8.22. The smallest absolute Gasteiger partial charge is 0.262 e. The summed E-state index contributed by atoms with van der Waals surface area (Å²) in [4.78, 5) is 6.63. The summed E-state index contributed by atoms with van der Waals surface area (Å²) in [6, 6.07) is 10.3. The molecule has 0 saturated carbocycles. The first-order valence-corrected chi connectivity index (χ1v) is 13.9. The predicted molar refractivity (Wildman–Crippen MR) is 143 cm³/mol. The van der Waals surface area contributed by atoms with E-state index in [2.05, 4.69) is 9.71 Å². The van der Waals surface area contributed by atoms with Gasteiger partial charge in [-0.05, 0) is 75.7 Å². The number of nitrogens with one attached hydrogen (secondary N) is 1. The zero-order valence-electron chi connectivity index (χ0n) is 20.5. The number of rotatable bonds is 10. The second kappa shape index (κ2) is 11.3. The Balaban J connectivity index is 1.59. The number of likely N-dealkylation sites (N-methyl/N-ethyl adjacent to an activating group) is 1. The molecule has 7 nitrogen and oxygen atoms in total. The second-order valence-corrected chi connectivity index (χ2v) is 11.4. The fraction of sp³-hybridized carbons (Fsp3) is 0.346. The molecule has 1 heterocycles. The number of aromatic nitrogens is 1. The molecular formula is C26H29Cl2N3O4S. The summed E-state index contributed by atoms with van der Waals surface area (Å²) in [6.45, 7) is 3.15. The zero-order chi connectivity index (χ0) is 25.9. The summed E-state index contributed by atoms with van der Waals surface area (Å²) in [5.41, 5.74) is 3.48. The lowest BCUT2D eigenvalue weighted by molar-refractivity contribution is 0.260. The number of halogens is 2. The standard InChI is InChI=1S/C26H29Cl2N3O4S/c1-17-20(27)7-5-9-25(17)36(32,33)30-23-15-29-22-8-4-6-19(22)26(23)35-16-18-10-11-21(28)24(14-18)34-13-12-31(2)3/h5,7,9-11,14-15,30H,4,6,8,12-13,16H2,1-3H3. The van der Waals surface area contributed by atoms with Crippen LogP contribution < -0.4 is 14.2 Å². The van der Waals surface area contributed by atoms with Crippen LogP contribution in [0, 0.1) is 6.92 Å². The molecule has 4 rings (SSSR count). The summed E-state index contributed by atoms with van der Waals surface area (Å²) in [7, 11) is 0.0333. The molecule has 0 aliphatic heterocycles. The van der Waals surface area contributed by atoms with E-state index in [0.29, 0.717) is 39.4 Å². The number of hydrogen-bond donors (Lipinski definition) is 1. The van der Waals surface area contributed by atoms with Gasteiger partial charge >= 0.3 is 0 Å². The molecule has 192 valence electrons. The summed E-state index contributed by atoms with van der Waals surface area (Å²) < 4.78 is 41.2. The number of aryl methyl sites for hydroxylation is 1. The normalized spacial score (nSPS) is 13.1. The molecule has 1 aliphatic rings. The van der Waals surface area contributed by atoms with Crippen LogP contribution in [0.5, 0.6) is 11.5 Å². The van der Waals surface area contributed by atoms with E-state index >= 15 is 0 Å². The Hall–Kier alpha value is -2.52. The predicted octanol–water partition coefficient (Wildman–Crippen LogP) is 5.51. The van der Waals surface area contributed by atoms with Crippen LogP contribution in [0.2, 0.25) is 10.0 Å². The van der Waals surface area contributed by atoms with Gasteiger partial charge in [0.25, 0.3) is 10.0 Å². The molecule has 1 aliphatic carbocycles. The minimum atomic E-state index is -3.91. The Morgan fingerprint density at radius 3 is 2.67 bits per heavy atom. The number of benzene rings is 2. The third-order valence-electron chi connectivity index (χ3n) is 5.98. The van der Waals surface area contributed by atoms with Crippen LogP contribution >= 0.6 is 23.2 Å². The Morgan fingerprint density at radius 2 is 1.89 bits per heavy atom. The Morgan fingerprint density at radius 1 is 1.08 bits per heavy atom. The zero-order valence-corrected chi connectivity index (χ0v) is 22.8. The molecule has 0 amide bonds. The van der Waals surface area contributed by atoms with Crippen LogP contribution in [0.25, 0.3) is 0 Å². The van der Waals surface area contributed by atoms with Crippen LogP contribution in [0.4, 0.5) is 5.69 Å². The Bertz CT molecular complexity index is 1360. The fourth-order valence-electron chi connectivity index (χ4n) is 4.04. The molecular weight excluding hydrogens is 521 g/mol. The van der Waals surface area contributed by atoms with Crippen molar-refractivity contribution in [1.29, 1.82) is 0 Å². The third kappa shape index (κ3) is 6.06. The first-order valence-electron chi connectivity index (χ1n) is 11.6. The van der Waals surface area contributed by atoms with Gasteiger partial charge < -0.3 is 14.4 Å². The van der Waals surface area contributed by atoms with E-state index in [1.807, 2.05) is 31.1 Å². The molecule has 3 aromatic rings. The Labute approximate surface area is 222 Å². The number of sulfonamides is 1. The van der Waals surface area contributed by atoms with Crippen LogP contribution in [-0.2, 0) is 29.5 Å². The largest absolute Gasteiger partial charge is 0.491 e.